The van der Waals surface area contributed by atoms with Crippen molar-refractivity contribution in [2.24, 2.45) is 0 Å². The van der Waals surface area contributed by atoms with Gasteiger partial charge in [0.05, 0.1) is 11.0 Å². The Kier molecular flexibility index (Phi) is 7.80. The Morgan fingerprint density at radius 2 is 0.939 bits per heavy atom. The van der Waals surface area contributed by atoms with E-state index in [0.29, 0.717) is 0 Å². The van der Waals surface area contributed by atoms with Gasteiger partial charge in [-0.1, -0.05) is 124 Å². The summed E-state index contributed by atoms with van der Waals surface area (Å²) >= 11 is 0. The smallest absolute Gasteiger partial charge is 0.185 e. The van der Waals surface area contributed by atoms with Gasteiger partial charge in [0.25, 0.3) is 0 Å². The van der Waals surface area contributed by atoms with Gasteiger partial charge in [0.15, 0.2) is 5.54 Å². The third-order valence-corrected chi connectivity index (χ3v) is 11.7. The molecular formula is C48H44N+. The van der Waals surface area contributed by atoms with Gasteiger partial charge < -0.3 is 0 Å². The van der Waals surface area contributed by atoms with Crippen molar-refractivity contribution >= 4 is 10.9 Å². The molecule has 0 aliphatic carbocycles. The number of nitrogens with zero attached hydrogens (tertiary/aromatic N) is 1. The SMILES string of the molecule is CCC1(C)c2ccc(-c3cccc(-c4cc(-c5ccccc5)cc(-c5ccccc5)c4)c3)cc2-c2ccc3ccccc3[n+]2C1(CC)CC. The van der Waals surface area contributed by atoms with E-state index in [-0.39, 0.29) is 11.0 Å². The highest BCUT2D eigenvalue weighted by Crippen LogP contribution is 2.52. The molecule has 6 aromatic carbocycles. The van der Waals surface area contributed by atoms with E-state index in [0.717, 1.165) is 19.3 Å². The molecule has 2 heterocycles. The predicted molar refractivity (Wildman–Crippen MR) is 208 cm³/mol. The second kappa shape index (κ2) is 12.3. The summed E-state index contributed by atoms with van der Waals surface area (Å²) in [5.74, 6) is 0. The predicted octanol–water partition coefficient (Wildman–Crippen LogP) is 12.7. The molecule has 1 heteroatoms. The fourth-order valence-electron chi connectivity index (χ4n) is 8.92. The number of para-hydroxylation sites is 1. The van der Waals surface area contributed by atoms with Crippen LogP contribution in [0.1, 0.15) is 52.5 Å². The Hall–Kier alpha value is -5.27. The summed E-state index contributed by atoms with van der Waals surface area (Å²) in [6.45, 7) is 9.67. The molecule has 1 unspecified atom stereocenters. The first-order valence-corrected chi connectivity index (χ1v) is 18.0. The molecular weight excluding hydrogens is 591 g/mol. The van der Waals surface area contributed by atoms with E-state index in [2.05, 4.69) is 190 Å². The first-order chi connectivity index (χ1) is 24.0. The number of aromatic nitrogens is 1. The summed E-state index contributed by atoms with van der Waals surface area (Å²) in [4.78, 5) is 0. The highest BCUT2D eigenvalue weighted by atomic mass is 15.1. The maximum Gasteiger partial charge on any atom is 0.213 e. The van der Waals surface area contributed by atoms with Crippen molar-refractivity contribution in [3.05, 3.63) is 163 Å². The van der Waals surface area contributed by atoms with Crippen LogP contribution in [0.2, 0.25) is 0 Å². The summed E-state index contributed by atoms with van der Waals surface area (Å²) in [6, 6.07) is 58.5. The molecule has 8 rings (SSSR count). The lowest BCUT2D eigenvalue weighted by Gasteiger charge is -2.48. The van der Waals surface area contributed by atoms with Crippen LogP contribution in [0.15, 0.2) is 158 Å². The highest BCUT2D eigenvalue weighted by molar-refractivity contribution is 5.85. The number of hydrogen-bond donors (Lipinski definition) is 0. The zero-order valence-electron chi connectivity index (χ0n) is 29.1. The van der Waals surface area contributed by atoms with Crippen molar-refractivity contribution in [1.82, 2.24) is 0 Å². The summed E-state index contributed by atoms with van der Waals surface area (Å²) in [5, 5.41) is 1.30. The van der Waals surface area contributed by atoms with Gasteiger partial charge in [-0.05, 0) is 106 Å². The second-order valence-corrected chi connectivity index (χ2v) is 13.9. The molecule has 1 aromatic heterocycles. The molecule has 1 aliphatic rings. The molecule has 0 N–H and O–H groups in total. The van der Waals surface area contributed by atoms with Crippen molar-refractivity contribution in [2.75, 3.05) is 0 Å². The number of fused-ring (bicyclic) bond motifs is 5. The molecule has 1 atom stereocenters. The van der Waals surface area contributed by atoms with Gasteiger partial charge >= 0.3 is 0 Å². The summed E-state index contributed by atoms with van der Waals surface area (Å²) in [6.07, 6.45) is 3.24. The van der Waals surface area contributed by atoms with Crippen LogP contribution < -0.4 is 4.57 Å². The minimum atomic E-state index is -0.0212. The molecule has 49 heavy (non-hydrogen) atoms. The van der Waals surface area contributed by atoms with Gasteiger partial charge in [0.2, 0.25) is 11.2 Å². The zero-order chi connectivity index (χ0) is 33.6. The van der Waals surface area contributed by atoms with Crippen LogP contribution in [0, 0.1) is 0 Å². The molecule has 7 aromatic rings. The Labute approximate surface area is 291 Å². The molecule has 0 amide bonds. The van der Waals surface area contributed by atoms with Crippen LogP contribution in [0.4, 0.5) is 0 Å². The van der Waals surface area contributed by atoms with Crippen molar-refractivity contribution in [1.29, 1.82) is 0 Å². The molecule has 1 nitrogen and oxygen atoms in total. The van der Waals surface area contributed by atoms with E-state index >= 15 is 0 Å². The van der Waals surface area contributed by atoms with Crippen LogP contribution >= 0.6 is 0 Å². The lowest BCUT2D eigenvalue weighted by Crippen LogP contribution is -2.69. The maximum atomic E-state index is 2.72. The Balaban J connectivity index is 1.30. The van der Waals surface area contributed by atoms with Crippen molar-refractivity contribution < 1.29 is 4.57 Å². The van der Waals surface area contributed by atoms with Gasteiger partial charge in [-0.25, -0.2) is 0 Å². The number of rotatable bonds is 7. The van der Waals surface area contributed by atoms with E-state index in [1.807, 2.05) is 0 Å². The zero-order valence-corrected chi connectivity index (χ0v) is 29.1. The minimum Gasteiger partial charge on any atom is -0.185 e. The average molecular weight is 635 g/mol. The highest BCUT2D eigenvalue weighted by Gasteiger charge is 2.58. The molecule has 0 radical (unpaired) electrons. The van der Waals surface area contributed by atoms with E-state index in [1.54, 1.807) is 0 Å². The van der Waals surface area contributed by atoms with E-state index < -0.39 is 0 Å². The van der Waals surface area contributed by atoms with Gasteiger partial charge in [-0.15, -0.1) is 0 Å². The fraction of sp³-hybridized carbons (Fsp3) is 0.188. The summed E-state index contributed by atoms with van der Waals surface area (Å²) in [5.41, 5.74) is 15.3. The van der Waals surface area contributed by atoms with E-state index in [4.69, 9.17) is 0 Å². The summed E-state index contributed by atoms with van der Waals surface area (Å²) in [7, 11) is 0. The van der Waals surface area contributed by atoms with Crippen LogP contribution in [-0.4, -0.2) is 0 Å². The van der Waals surface area contributed by atoms with Gasteiger partial charge in [-0.2, -0.15) is 4.57 Å². The van der Waals surface area contributed by atoms with Crippen LogP contribution in [0.25, 0.3) is 66.7 Å². The van der Waals surface area contributed by atoms with Gasteiger partial charge in [-0.3, -0.25) is 0 Å². The first kappa shape index (κ1) is 31.0. The summed E-state index contributed by atoms with van der Waals surface area (Å²) < 4.78 is 2.72. The number of hydrogen-bond acceptors (Lipinski definition) is 0. The third kappa shape index (κ3) is 4.94. The normalized spacial score (nSPS) is 16.2. The standard InChI is InChI=1S/C48H44N/c1-5-47(4)44-27-25-39(33-43(44)46-28-26-36-21-14-15-24-45(36)49(46)48(47,6-2)7-3)37-22-16-23-38(29-37)42-31-40(34-17-10-8-11-18-34)30-41(32-42)35-19-12-9-13-20-35/h8-33H,5-7H2,1-4H3/q+1. The molecule has 0 saturated heterocycles. The Morgan fingerprint density at radius 3 is 1.55 bits per heavy atom. The quantitative estimate of drug-likeness (QED) is 0.154. The molecule has 0 bridgehead atoms. The van der Waals surface area contributed by atoms with Crippen molar-refractivity contribution in [2.45, 2.75) is 57.9 Å². The molecule has 0 fully saturated rings. The van der Waals surface area contributed by atoms with Crippen molar-refractivity contribution in [3.63, 3.8) is 0 Å². The van der Waals surface area contributed by atoms with Crippen LogP contribution in [0.5, 0.6) is 0 Å². The van der Waals surface area contributed by atoms with Gasteiger partial charge in [0.1, 0.15) is 0 Å². The van der Waals surface area contributed by atoms with Gasteiger partial charge in [0, 0.05) is 30.4 Å². The van der Waals surface area contributed by atoms with Crippen LogP contribution in [-0.2, 0) is 11.0 Å². The lowest BCUT2D eigenvalue weighted by molar-refractivity contribution is -0.747. The minimum absolute atomic E-state index is 0.0142. The largest absolute Gasteiger partial charge is 0.213 e. The average Bonchev–Trinajstić information content (AvgIpc) is 3.18. The molecule has 240 valence electrons. The van der Waals surface area contributed by atoms with E-state index in [9.17, 15) is 0 Å². The number of benzene rings is 6. The number of pyridine rings is 1. The molecule has 0 spiro atoms. The maximum absolute atomic E-state index is 2.72. The monoisotopic (exact) mass is 634 g/mol. The fourth-order valence-corrected chi connectivity index (χ4v) is 8.92. The van der Waals surface area contributed by atoms with E-state index in [1.165, 1.54) is 72.2 Å². The molecule has 0 saturated carbocycles. The lowest BCUT2D eigenvalue weighted by atomic mass is 9.58. The Morgan fingerprint density at radius 1 is 0.429 bits per heavy atom. The van der Waals surface area contributed by atoms with Crippen molar-refractivity contribution in [3.8, 4) is 55.8 Å². The Bertz CT molecular complexity index is 2240. The molecule has 1 aliphatic heterocycles. The first-order valence-electron chi connectivity index (χ1n) is 18.0. The van der Waals surface area contributed by atoms with Crippen LogP contribution in [0.3, 0.4) is 0 Å². The second-order valence-electron chi connectivity index (χ2n) is 13.9. The third-order valence-electron chi connectivity index (χ3n) is 11.7. The topological polar surface area (TPSA) is 3.88 Å².